The number of hydrogen-bond donors (Lipinski definition) is 2. The minimum absolute atomic E-state index is 0.0238. The number of carbonyl (C=O) groups is 1. The molecule has 1 heterocycles. The molecule has 1 aromatic heterocycles. The summed E-state index contributed by atoms with van der Waals surface area (Å²) in [6.45, 7) is 6.39. The Balaban J connectivity index is 2.32. The van der Waals surface area contributed by atoms with Gasteiger partial charge in [-0.2, -0.15) is 0 Å². The largest absolute Gasteiger partial charge is 0.361 e. The zero-order valence-corrected chi connectivity index (χ0v) is 11.9. The molecule has 2 rings (SSSR count). The Morgan fingerprint density at radius 2 is 1.84 bits per heavy atom. The number of aromatic nitrogens is 1. The summed E-state index contributed by atoms with van der Waals surface area (Å²) in [4.78, 5) is 15.7. The summed E-state index contributed by atoms with van der Waals surface area (Å²) < 4.78 is 0. The van der Waals surface area contributed by atoms with E-state index in [-0.39, 0.29) is 11.4 Å². The predicted octanol–water partition coefficient (Wildman–Crippen LogP) is 3.87. The van der Waals surface area contributed by atoms with E-state index in [1.807, 2.05) is 30.5 Å². The lowest BCUT2D eigenvalue weighted by Gasteiger charge is -2.31. The van der Waals surface area contributed by atoms with Gasteiger partial charge in [-0.1, -0.05) is 26.8 Å². The summed E-state index contributed by atoms with van der Waals surface area (Å²) in [6.07, 6.45) is 4.73. The van der Waals surface area contributed by atoms with Crippen LogP contribution in [0.15, 0.2) is 30.5 Å². The van der Waals surface area contributed by atoms with Gasteiger partial charge in [-0.25, -0.2) is 0 Å². The van der Waals surface area contributed by atoms with Gasteiger partial charge in [-0.15, -0.1) is 0 Å². The SMILES string of the molecule is CCC(CC)(CC)NC(=O)c1cccc2[nH]ccc12. The molecular formula is C16H22N2O. The minimum atomic E-state index is -0.0877. The fourth-order valence-corrected chi connectivity index (χ4v) is 2.61. The third-order valence-corrected chi connectivity index (χ3v) is 4.25. The summed E-state index contributed by atoms with van der Waals surface area (Å²) in [5, 5.41) is 4.21. The Kier molecular flexibility index (Phi) is 3.93. The fraction of sp³-hybridized carbons (Fsp3) is 0.438. The molecule has 1 aromatic carbocycles. The van der Waals surface area contributed by atoms with Crippen molar-refractivity contribution in [2.75, 3.05) is 0 Å². The molecule has 0 spiro atoms. The molecule has 3 nitrogen and oxygen atoms in total. The van der Waals surface area contributed by atoms with Gasteiger partial charge in [0, 0.05) is 28.2 Å². The molecule has 2 aromatic rings. The van der Waals surface area contributed by atoms with Crippen LogP contribution in [0, 0.1) is 0 Å². The third kappa shape index (κ3) is 2.50. The topological polar surface area (TPSA) is 44.9 Å². The van der Waals surface area contributed by atoms with Crippen molar-refractivity contribution >= 4 is 16.8 Å². The van der Waals surface area contributed by atoms with Crippen molar-refractivity contribution in [3.63, 3.8) is 0 Å². The summed E-state index contributed by atoms with van der Waals surface area (Å²) in [7, 11) is 0. The smallest absolute Gasteiger partial charge is 0.252 e. The van der Waals surface area contributed by atoms with Crippen LogP contribution in [0.5, 0.6) is 0 Å². The van der Waals surface area contributed by atoms with E-state index in [9.17, 15) is 4.79 Å². The Hall–Kier alpha value is -1.77. The molecule has 0 saturated carbocycles. The van der Waals surface area contributed by atoms with E-state index < -0.39 is 0 Å². The normalized spacial score (nSPS) is 11.7. The van der Waals surface area contributed by atoms with Gasteiger partial charge in [0.05, 0.1) is 0 Å². The second kappa shape index (κ2) is 5.47. The first-order chi connectivity index (χ1) is 9.15. The van der Waals surface area contributed by atoms with E-state index in [0.717, 1.165) is 35.7 Å². The first-order valence-electron chi connectivity index (χ1n) is 7.04. The van der Waals surface area contributed by atoms with Gasteiger partial charge in [0.25, 0.3) is 5.91 Å². The number of amides is 1. The number of hydrogen-bond acceptors (Lipinski definition) is 1. The Labute approximate surface area is 114 Å². The van der Waals surface area contributed by atoms with E-state index in [0.29, 0.717) is 0 Å². The fourth-order valence-electron chi connectivity index (χ4n) is 2.61. The molecule has 1 amide bonds. The Morgan fingerprint density at radius 1 is 1.16 bits per heavy atom. The van der Waals surface area contributed by atoms with E-state index in [4.69, 9.17) is 0 Å². The maximum atomic E-state index is 12.5. The molecule has 0 bridgehead atoms. The number of rotatable bonds is 5. The second-order valence-corrected chi connectivity index (χ2v) is 5.04. The molecule has 0 aliphatic heterocycles. The van der Waals surface area contributed by atoms with E-state index in [2.05, 4.69) is 31.1 Å². The van der Waals surface area contributed by atoms with Gasteiger partial charge >= 0.3 is 0 Å². The molecule has 0 atom stereocenters. The van der Waals surface area contributed by atoms with Crippen molar-refractivity contribution in [2.24, 2.45) is 0 Å². The van der Waals surface area contributed by atoms with E-state index >= 15 is 0 Å². The van der Waals surface area contributed by atoms with E-state index in [1.54, 1.807) is 0 Å². The van der Waals surface area contributed by atoms with Gasteiger partial charge in [0.2, 0.25) is 0 Å². The predicted molar refractivity (Wildman–Crippen MR) is 79.4 cm³/mol. The number of fused-ring (bicyclic) bond motifs is 1. The van der Waals surface area contributed by atoms with Crippen molar-refractivity contribution in [2.45, 2.75) is 45.6 Å². The lowest BCUT2D eigenvalue weighted by Crippen LogP contribution is -2.47. The van der Waals surface area contributed by atoms with Gasteiger partial charge < -0.3 is 10.3 Å². The van der Waals surface area contributed by atoms with Crippen LogP contribution in [0.3, 0.4) is 0 Å². The quantitative estimate of drug-likeness (QED) is 0.840. The molecule has 3 heteroatoms. The standard InChI is InChI=1S/C16H22N2O/c1-4-16(5-2,6-3)18-15(19)13-8-7-9-14-12(13)10-11-17-14/h7-11,17H,4-6H2,1-3H3,(H,18,19). The molecule has 0 saturated heterocycles. The highest BCUT2D eigenvalue weighted by Gasteiger charge is 2.26. The van der Waals surface area contributed by atoms with Crippen LogP contribution in [-0.4, -0.2) is 16.4 Å². The first-order valence-corrected chi connectivity index (χ1v) is 7.04. The monoisotopic (exact) mass is 258 g/mol. The molecule has 0 aliphatic rings. The van der Waals surface area contributed by atoms with Crippen LogP contribution < -0.4 is 5.32 Å². The Morgan fingerprint density at radius 3 is 2.47 bits per heavy atom. The van der Waals surface area contributed by atoms with Gasteiger partial charge in [0.15, 0.2) is 0 Å². The van der Waals surface area contributed by atoms with Crippen LogP contribution in [0.2, 0.25) is 0 Å². The van der Waals surface area contributed by atoms with Gasteiger partial charge in [-0.3, -0.25) is 4.79 Å². The maximum Gasteiger partial charge on any atom is 0.252 e. The molecule has 2 N–H and O–H groups in total. The second-order valence-electron chi connectivity index (χ2n) is 5.04. The molecule has 0 fully saturated rings. The van der Waals surface area contributed by atoms with Crippen molar-refractivity contribution < 1.29 is 4.79 Å². The van der Waals surface area contributed by atoms with Crippen LogP contribution in [0.4, 0.5) is 0 Å². The molecule has 19 heavy (non-hydrogen) atoms. The number of aromatic amines is 1. The molecule has 102 valence electrons. The van der Waals surface area contributed by atoms with Gasteiger partial charge in [-0.05, 0) is 37.5 Å². The Bertz CT molecular complexity index is 559. The molecule has 0 aliphatic carbocycles. The lowest BCUT2D eigenvalue weighted by molar-refractivity contribution is 0.0890. The summed E-state index contributed by atoms with van der Waals surface area (Å²) >= 11 is 0. The van der Waals surface area contributed by atoms with Gasteiger partial charge in [0.1, 0.15) is 0 Å². The summed E-state index contributed by atoms with van der Waals surface area (Å²) in [6, 6.07) is 7.74. The molecule has 0 unspecified atom stereocenters. The molecule has 0 radical (unpaired) electrons. The zero-order valence-electron chi connectivity index (χ0n) is 11.9. The van der Waals surface area contributed by atoms with E-state index in [1.165, 1.54) is 0 Å². The van der Waals surface area contributed by atoms with Crippen LogP contribution in [0.25, 0.3) is 10.9 Å². The minimum Gasteiger partial charge on any atom is -0.361 e. The average molecular weight is 258 g/mol. The van der Waals surface area contributed by atoms with Crippen molar-refractivity contribution in [3.05, 3.63) is 36.0 Å². The van der Waals surface area contributed by atoms with Crippen molar-refractivity contribution in [3.8, 4) is 0 Å². The van der Waals surface area contributed by atoms with Crippen LogP contribution >= 0.6 is 0 Å². The number of H-pyrrole nitrogens is 1. The maximum absolute atomic E-state index is 12.5. The van der Waals surface area contributed by atoms with Crippen LogP contribution in [-0.2, 0) is 0 Å². The zero-order chi connectivity index (χ0) is 13.9. The van der Waals surface area contributed by atoms with Crippen molar-refractivity contribution in [1.29, 1.82) is 0 Å². The lowest BCUT2D eigenvalue weighted by atomic mass is 9.89. The number of nitrogens with one attached hydrogen (secondary N) is 2. The van der Waals surface area contributed by atoms with Crippen molar-refractivity contribution in [1.82, 2.24) is 10.3 Å². The first kappa shape index (κ1) is 13.7. The van der Waals surface area contributed by atoms with Crippen LogP contribution in [0.1, 0.15) is 50.4 Å². The highest BCUT2D eigenvalue weighted by Crippen LogP contribution is 2.22. The third-order valence-electron chi connectivity index (χ3n) is 4.25. The average Bonchev–Trinajstić information content (AvgIpc) is 2.93. The number of carbonyl (C=O) groups excluding carboxylic acids is 1. The summed E-state index contributed by atoms with van der Waals surface area (Å²) in [5.41, 5.74) is 1.66. The molecular weight excluding hydrogens is 236 g/mol. The number of benzene rings is 1. The summed E-state index contributed by atoms with van der Waals surface area (Å²) in [5.74, 6) is 0.0238. The highest BCUT2D eigenvalue weighted by atomic mass is 16.1. The highest BCUT2D eigenvalue weighted by molar-refractivity contribution is 6.06.